The molecular formula is C37H40O8. The van der Waals surface area contributed by atoms with Crippen molar-refractivity contribution >= 4 is 17.9 Å². The molecule has 0 saturated carbocycles. The summed E-state index contributed by atoms with van der Waals surface area (Å²) in [6.45, 7) is 8.41. The predicted octanol–water partition coefficient (Wildman–Crippen LogP) is 7.66. The summed E-state index contributed by atoms with van der Waals surface area (Å²) < 4.78 is 27.3. The maximum absolute atomic E-state index is 12.7. The third kappa shape index (κ3) is 11.0. The highest BCUT2D eigenvalue weighted by atomic mass is 16.6. The van der Waals surface area contributed by atoms with E-state index in [0.717, 1.165) is 61.5 Å². The van der Waals surface area contributed by atoms with Crippen LogP contribution in [0.25, 0.3) is 11.1 Å². The first-order valence-corrected chi connectivity index (χ1v) is 15.4. The van der Waals surface area contributed by atoms with Crippen LogP contribution in [-0.4, -0.2) is 43.8 Å². The second kappa shape index (κ2) is 17.4. The lowest BCUT2D eigenvalue weighted by molar-refractivity contribution is -0.139. The van der Waals surface area contributed by atoms with Crippen molar-refractivity contribution in [3.8, 4) is 28.4 Å². The molecule has 4 rings (SSSR count). The molecule has 0 aliphatic carbocycles. The topological polar surface area (TPSA) is 97.4 Å². The summed E-state index contributed by atoms with van der Waals surface area (Å²) in [5.74, 6) is 0.762. The van der Waals surface area contributed by atoms with Crippen molar-refractivity contribution in [2.75, 3.05) is 19.8 Å². The summed E-state index contributed by atoms with van der Waals surface area (Å²) in [6, 6.07) is 21.9. The fraction of sp³-hybridized carbons (Fsp3) is 0.324. The molecule has 1 unspecified atom stereocenters. The van der Waals surface area contributed by atoms with Crippen molar-refractivity contribution in [2.24, 2.45) is 0 Å². The molecule has 236 valence electrons. The van der Waals surface area contributed by atoms with Crippen LogP contribution in [0, 0.1) is 0 Å². The van der Waals surface area contributed by atoms with E-state index in [0.29, 0.717) is 48.7 Å². The van der Waals surface area contributed by atoms with E-state index >= 15 is 0 Å². The summed E-state index contributed by atoms with van der Waals surface area (Å²) in [5, 5.41) is 0. The summed E-state index contributed by atoms with van der Waals surface area (Å²) in [5.41, 5.74) is 3.00. The van der Waals surface area contributed by atoms with Gasteiger partial charge in [-0.3, -0.25) is 0 Å². The Morgan fingerprint density at radius 2 is 1.29 bits per heavy atom. The average Bonchev–Trinajstić information content (AvgIpc) is 3.39. The minimum atomic E-state index is -0.440. The van der Waals surface area contributed by atoms with Crippen molar-refractivity contribution in [1.82, 2.24) is 0 Å². The molecule has 45 heavy (non-hydrogen) atoms. The summed E-state index contributed by atoms with van der Waals surface area (Å²) in [7, 11) is 0. The van der Waals surface area contributed by atoms with Crippen LogP contribution in [0.2, 0.25) is 0 Å². The van der Waals surface area contributed by atoms with Gasteiger partial charge in [-0.05, 0) is 78.9 Å². The largest absolute Gasteiger partial charge is 0.494 e. The van der Waals surface area contributed by atoms with Crippen molar-refractivity contribution in [1.29, 1.82) is 0 Å². The molecule has 1 aliphatic rings. The minimum absolute atomic E-state index is 0.00621. The van der Waals surface area contributed by atoms with Gasteiger partial charge in [-0.1, -0.05) is 56.7 Å². The average molecular weight is 613 g/mol. The zero-order valence-electron chi connectivity index (χ0n) is 25.5. The number of cyclic esters (lactones) is 1. The van der Waals surface area contributed by atoms with Crippen LogP contribution in [0.15, 0.2) is 97.6 Å². The Bertz CT molecular complexity index is 1410. The van der Waals surface area contributed by atoms with Gasteiger partial charge in [0.05, 0.1) is 25.4 Å². The predicted molar refractivity (Wildman–Crippen MR) is 171 cm³/mol. The van der Waals surface area contributed by atoms with Gasteiger partial charge in [0.2, 0.25) is 0 Å². The quantitative estimate of drug-likeness (QED) is 0.0625. The van der Waals surface area contributed by atoms with Gasteiger partial charge in [0, 0.05) is 24.5 Å². The van der Waals surface area contributed by atoms with E-state index in [2.05, 4.69) is 13.2 Å². The van der Waals surface area contributed by atoms with Gasteiger partial charge >= 0.3 is 17.9 Å². The van der Waals surface area contributed by atoms with E-state index < -0.39 is 11.9 Å². The highest BCUT2D eigenvalue weighted by Crippen LogP contribution is 2.26. The maximum Gasteiger partial charge on any atom is 0.343 e. The smallest absolute Gasteiger partial charge is 0.343 e. The lowest BCUT2D eigenvalue weighted by atomic mass is 10.1. The lowest BCUT2D eigenvalue weighted by Gasteiger charge is -2.09. The van der Waals surface area contributed by atoms with Gasteiger partial charge in [-0.2, -0.15) is 0 Å². The molecular weight excluding hydrogens is 572 g/mol. The molecule has 1 atom stereocenters. The normalized spacial score (nSPS) is 14.0. The van der Waals surface area contributed by atoms with Crippen molar-refractivity contribution < 1.29 is 38.1 Å². The van der Waals surface area contributed by atoms with E-state index in [1.54, 1.807) is 36.4 Å². The third-order valence-corrected chi connectivity index (χ3v) is 7.29. The standard InChI is InChI=1S/C37H40O8/c1-3-35(38)43-25-9-24-42-31-17-11-28(12-18-31)29-13-21-33(22-14-29)44-37(40)30-15-19-32(20-16-30)41-23-8-6-4-5-7-10-34-26-27(2)36(39)45-34/h3,11-22,34H,1-2,4-10,23-26H2. The van der Waals surface area contributed by atoms with Crippen LogP contribution in [0.4, 0.5) is 0 Å². The van der Waals surface area contributed by atoms with E-state index in [9.17, 15) is 14.4 Å². The Kier molecular flexibility index (Phi) is 12.8. The molecule has 1 aliphatic heterocycles. The van der Waals surface area contributed by atoms with Crippen molar-refractivity contribution in [3.05, 3.63) is 103 Å². The van der Waals surface area contributed by atoms with Gasteiger partial charge in [-0.15, -0.1) is 0 Å². The van der Waals surface area contributed by atoms with Gasteiger partial charge < -0.3 is 23.7 Å². The fourth-order valence-electron chi connectivity index (χ4n) is 4.78. The van der Waals surface area contributed by atoms with Gasteiger partial charge in [0.25, 0.3) is 0 Å². The van der Waals surface area contributed by atoms with Gasteiger partial charge in [0.15, 0.2) is 0 Å². The van der Waals surface area contributed by atoms with Crippen LogP contribution < -0.4 is 14.2 Å². The van der Waals surface area contributed by atoms with Crippen LogP contribution in [0.1, 0.15) is 61.7 Å². The van der Waals surface area contributed by atoms with E-state index in [1.165, 1.54) is 0 Å². The molecule has 1 heterocycles. The second-order valence-corrected chi connectivity index (χ2v) is 10.8. The number of hydrogen-bond acceptors (Lipinski definition) is 8. The van der Waals surface area contributed by atoms with Crippen molar-refractivity contribution in [3.63, 3.8) is 0 Å². The number of benzene rings is 3. The zero-order chi connectivity index (χ0) is 31.9. The van der Waals surface area contributed by atoms with Gasteiger partial charge in [0.1, 0.15) is 23.4 Å². The number of ether oxygens (including phenoxy) is 5. The van der Waals surface area contributed by atoms with E-state index in [-0.39, 0.29) is 18.7 Å². The first kappa shape index (κ1) is 33.1. The summed E-state index contributed by atoms with van der Waals surface area (Å²) in [6.07, 6.45) is 8.55. The third-order valence-electron chi connectivity index (χ3n) is 7.29. The molecule has 3 aromatic carbocycles. The van der Waals surface area contributed by atoms with E-state index in [4.69, 9.17) is 23.7 Å². The lowest BCUT2D eigenvalue weighted by Crippen LogP contribution is -2.08. The number of carbonyl (C=O) groups excluding carboxylic acids is 3. The van der Waals surface area contributed by atoms with Crippen LogP contribution in [-0.2, 0) is 19.1 Å². The Labute approximate surface area is 264 Å². The summed E-state index contributed by atoms with van der Waals surface area (Å²) in [4.78, 5) is 35.1. The Balaban J connectivity index is 1.11. The molecule has 3 aromatic rings. The molecule has 8 heteroatoms. The number of carbonyl (C=O) groups is 3. The molecule has 8 nitrogen and oxygen atoms in total. The molecule has 0 bridgehead atoms. The Hall–Kier alpha value is -4.85. The summed E-state index contributed by atoms with van der Waals surface area (Å²) >= 11 is 0. The first-order chi connectivity index (χ1) is 21.9. The van der Waals surface area contributed by atoms with Gasteiger partial charge in [-0.25, -0.2) is 14.4 Å². The fourth-order valence-corrected chi connectivity index (χ4v) is 4.78. The molecule has 1 saturated heterocycles. The Morgan fingerprint density at radius 1 is 0.733 bits per heavy atom. The van der Waals surface area contributed by atoms with Crippen molar-refractivity contribution in [2.45, 2.75) is 57.5 Å². The monoisotopic (exact) mass is 612 g/mol. The minimum Gasteiger partial charge on any atom is -0.494 e. The second-order valence-electron chi connectivity index (χ2n) is 10.8. The molecule has 0 spiro atoms. The molecule has 0 radical (unpaired) electrons. The maximum atomic E-state index is 12.7. The molecule has 0 aromatic heterocycles. The van der Waals surface area contributed by atoms with Crippen LogP contribution >= 0.6 is 0 Å². The number of hydrogen-bond donors (Lipinski definition) is 0. The highest BCUT2D eigenvalue weighted by molar-refractivity contribution is 5.91. The number of rotatable bonds is 18. The highest BCUT2D eigenvalue weighted by Gasteiger charge is 2.26. The number of esters is 3. The van der Waals surface area contributed by atoms with E-state index in [1.807, 2.05) is 36.4 Å². The zero-order valence-corrected chi connectivity index (χ0v) is 25.5. The van der Waals surface area contributed by atoms with Crippen LogP contribution in [0.5, 0.6) is 17.2 Å². The molecule has 0 amide bonds. The van der Waals surface area contributed by atoms with Crippen LogP contribution in [0.3, 0.4) is 0 Å². The molecule has 1 fully saturated rings. The Morgan fingerprint density at radius 3 is 1.89 bits per heavy atom. The number of unbranched alkanes of at least 4 members (excludes halogenated alkanes) is 4. The SMILES string of the molecule is C=CC(=O)OCCCOc1ccc(-c2ccc(OC(=O)c3ccc(OCCCCCCCC4CC(=C)C(=O)O4)cc3)cc2)cc1. The first-order valence-electron chi connectivity index (χ1n) is 15.4. The molecule has 0 N–H and O–H groups in total.